The van der Waals surface area contributed by atoms with Gasteiger partial charge in [-0.15, -0.1) is 0 Å². The third kappa shape index (κ3) is 3.63. The summed E-state index contributed by atoms with van der Waals surface area (Å²) in [4.78, 5) is 19.0. The molecule has 0 saturated carbocycles. The van der Waals surface area contributed by atoms with Crippen LogP contribution in [-0.2, 0) is 0 Å². The molecule has 0 bridgehead atoms. The van der Waals surface area contributed by atoms with Crippen LogP contribution in [0.15, 0.2) is 34.4 Å². The minimum atomic E-state index is -0.424. The van der Waals surface area contributed by atoms with Gasteiger partial charge in [-0.2, -0.15) is 0 Å². The van der Waals surface area contributed by atoms with Crippen molar-refractivity contribution in [2.24, 2.45) is 4.99 Å². The molecule has 0 aliphatic carbocycles. The Kier molecular flexibility index (Phi) is 5.37. The zero-order chi connectivity index (χ0) is 15.3. The average molecular weight is 276 g/mol. The number of imidazole rings is 1. The number of hydrogen-bond acceptors (Lipinski definition) is 4. The fourth-order valence-corrected chi connectivity index (χ4v) is 1.65. The fourth-order valence-electron chi connectivity index (χ4n) is 1.65. The molecule has 0 radical (unpaired) electrons. The van der Waals surface area contributed by atoms with E-state index >= 15 is 0 Å². The summed E-state index contributed by atoms with van der Waals surface area (Å²) in [6.45, 7) is 9.33. The van der Waals surface area contributed by atoms with Crippen LogP contribution in [0.2, 0.25) is 0 Å². The summed E-state index contributed by atoms with van der Waals surface area (Å²) in [5.41, 5.74) is 2.38. The molecule has 1 heterocycles. The fraction of sp³-hybridized carbons (Fsp3) is 0.429. The van der Waals surface area contributed by atoms with Crippen LogP contribution in [0, 0.1) is 17.0 Å². The first-order valence-electron chi connectivity index (χ1n) is 6.44. The van der Waals surface area contributed by atoms with Crippen molar-refractivity contribution >= 4 is 11.9 Å². The molecule has 0 aliphatic rings. The van der Waals surface area contributed by atoms with Crippen LogP contribution >= 0.6 is 0 Å². The minimum absolute atomic E-state index is 0.0330. The van der Waals surface area contributed by atoms with E-state index in [9.17, 15) is 10.1 Å². The molecule has 108 valence electrons. The van der Waals surface area contributed by atoms with E-state index < -0.39 is 4.92 Å². The van der Waals surface area contributed by atoms with Gasteiger partial charge in [0.2, 0.25) is 0 Å². The number of nitrogens with zero attached hydrogens (tertiary/aromatic N) is 4. The van der Waals surface area contributed by atoms with Gasteiger partial charge in [0, 0.05) is 18.1 Å². The second kappa shape index (κ2) is 6.79. The van der Waals surface area contributed by atoms with Crippen molar-refractivity contribution in [3.8, 4) is 0 Å². The van der Waals surface area contributed by atoms with Crippen LogP contribution in [0.1, 0.15) is 39.9 Å². The molecule has 0 unspecified atom stereocenters. The lowest BCUT2D eigenvalue weighted by atomic mass is 10.2. The molecular formula is C14H20N4O2. The quantitative estimate of drug-likeness (QED) is 0.470. The smallest absolute Gasteiger partial charge is 0.301 e. The maximum atomic E-state index is 11.2. The highest BCUT2D eigenvalue weighted by molar-refractivity contribution is 5.83. The largest absolute Gasteiger partial charge is 0.306 e. The lowest BCUT2D eigenvalue weighted by Crippen LogP contribution is -2.08. The molecule has 0 N–H and O–H groups in total. The van der Waals surface area contributed by atoms with Gasteiger partial charge in [0.1, 0.15) is 17.7 Å². The molecule has 0 aromatic carbocycles. The first kappa shape index (κ1) is 15.8. The lowest BCUT2D eigenvalue weighted by Gasteiger charge is -2.05. The maximum absolute atomic E-state index is 11.2. The lowest BCUT2D eigenvalue weighted by molar-refractivity contribution is -0.413. The molecule has 0 saturated heterocycles. The van der Waals surface area contributed by atoms with E-state index in [2.05, 4.69) is 9.98 Å². The summed E-state index contributed by atoms with van der Waals surface area (Å²) < 4.78 is 1.68. The summed E-state index contributed by atoms with van der Waals surface area (Å²) in [6.07, 6.45) is 5.49. The molecule has 6 nitrogen and oxygen atoms in total. The molecule has 0 atom stereocenters. The first-order valence-corrected chi connectivity index (χ1v) is 6.44. The van der Waals surface area contributed by atoms with Gasteiger partial charge in [0.15, 0.2) is 0 Å². The Balaban J connectivity index is 3.23. The van der Waals surface area contributed by atoms with Gasteiger partial charge >= 0.3 is 5.70 Å². The van der Waals surface area contributed by atoms with Crippen LogP contribution in [0.4, 0.5) is 0 Å². The van der Waals surface area contributed by atoms with Crippen molar-refractivity contribution in [1.82, 2.24) is 9.55 Å². The van der Waals surface area contributed by atoms with Crippen molar-refractivity contribution < 1.29 is 4.92 Å². The summed E-state index contributed by atoms with van der Waals surface area (Å²) >= 11 is 0. The highest BCUT2D eigenvalue weighted by atomic mass is 16.6. The molecule has 1 aromatic rings. The molecule has 0 fully saturated rings. The summed E-state index contributed by atoms with van der Waals surface area (Å²) in [7, 11) is 0. The van der Waals surface area contributed by atoms with Gasteiger partial charge in [-0.3, -0.25) is 15.1 Å². The molecule has 1 aromatic heterocycles. The number of aliphatic imine (C=N–C) groups is 1. The zero-order valence-corrected chi connectivity index (χ0v) is 12.5. The molecule has 0 aliphatic heterocycles. The highest BCUT2D eigenvalue weighted by Gasteiger charge is 2.15. The normalized spacial score (nSPS) is 14.2. The van der Waals surface area contributed by atoms with Gasteiger partial charge in [0.05, 0.1) is 4.92 Å². The van der Waals surface area contributed by atoms with E-state index in [0.717, 1.165) is 17.7 Å². The van der Waals surface area contributed by atoms with E-state index in [1.807, 2.05) is 20.8 Å². The van der Waals surface area contributed by atoms with Crippen LogP contribution in [-0.4, -0.2) is 20.7 Å². The van der Waals surface area contributed by atoms with Crippen molar-refractivity contribution in [2.75, 3.05) is 0 Å². The second-order valence-corrected chi connectivity index (χ2v) is 4.55. The Morgan fingerprint density at radius 2 is 2.15 bits per heavy atom. The van der Waals surface area contributed by atoms with Crippen molar-refractivity contribution in [3.05, 3.63) is 45.3 Å². The van der Waals surface area contributed by atoms with Gasteiger partial charge in [-0.1, -0.05) is 12.5 Å². The number of aromatic nitrogens is 2. The van der Waals surface area contributed by atoms with Gasteiger partial charge in [-0.25, -0.2) is 4.98 Å². The minimum Gasteiger partial charge on any atom is -0.301 e. The van der Waals surface area contributed by atoms with E-state index in [0.29, 0.717) is 11.5 Å². The van der Waals surface area contributed by atoms with Crippen molar-refractivity contribution in [1.29, 1.82) is 0 Å². The summed E-state index contributed by atoms with van der Waals surface area (Å²) in [5.74, 6) is 0.701. The SMILES string of the molecule is CC/C(C)=C(C)/N=C/C(=C(\C)n1ccnc1C)[N+](=O)[O-]. The monoisotopic (exact) mass is 276 g/mol. The molecule has 0 spiro atoms. The predicted molar refractivity (Wildman–Crippen MR) is 80.0 cm³/mol. The Morgan fingerprint density at radius 3 is 2.60 bits per heavy atom. The number of aryl methyl sites for hydroxylation is 1. The Hall–Kier alpha value is -2.24. The highest BCUT2D eigenvalue weighted by Crippen LogP contribution is 2.14. The molecule has 20 heavy (non-hydrogen) atoms. The number of hydrogen-bond donors (Lipinski definition) is 0. The molecule has 6 heteroatoms. The zero-order valence-electron chi connectivity index (χ0n) is 12.5. The van der Waals surface area contributed by atoms with Gasteiger partial charge < -0.3 is 4.57 Å². The van der Waals surface area contributed by atoms with E-state index in [-0.39, 0.29) is 5.70 Å². The maximum Gasteiger partial charge on any atom is 0.306 e. The van der Waals surface area contributed by atoms with E-state index in [1.165, 1.54) is 6.21 Å². The molecule has 0 amide bonds. The third-order valence-corrected chi connectivity index (χ3v) is 3.28. The number of rotatable bonds is 5. The Labute approximate surface area is 118 Å². The van der Waals surface area contributed by atoms with Crippen molar-refractivity contribution in [3.63, 3.8) is 0 Å². The van der Waals surface area contributed by atoms with Crippen LogP contribution in [0.3, 0.4) is 0 Å². The van der Waals surface area contributed by atoms with E-state index in [1.54, 1.807) is 30.8 Å². The van der Waals surface area contributed by atoms with Gasteiger partial charge in [-0.05, 0) is 34.1 Å². The second-order valence-electron chi connectivity index (χ2n) is 4.55. The predicted octanol–water partition coefficient (Wildman–Crippen LogP) is 3.43. The Bertz CT molecular complexity index is 594. The van der Waals surface area contributed by atoms with Crippen LogP contribution < -0.4 is 0 Å². The molecule has 1 rings (SSSR count). The standard InChI is InChI=1S/C14H20N4O2/c1-6-10(2)11(3)16-9-14(18(19)20)12(4)17-8-7-15-13(17)5/h7-9H,6H2,1-5H3/b11-10+,14-12-,16-9+. The molecular weight excluding hydrogens is 256 g/mol. The van der Waals surface area contributed by atoms with Crippen LogP contribution in [0.5, 0.6) is 0 Å². The van der Waals surface area contributed by atoms with Crippen molar-refractivity contribution in [2.45, 2.75) is 41.0 Å². The first-order chi connectivity index (χ1) is 9.38. The average Bonchev–Trinajstić information content (AvgIpc) is 2.83. The summed E-state index contributed by atoms with van der Waals surface area (Å²) in [6, 6.07) is 0. The topological polar surface area (TPSA) is 73.3 Å². The summed E-state index contributed by atoms with van der Waals surface area (Å²) in [5, 5.41) is 11.2. The number of nitro groups is 1. The Morgan fingerprint density at radius 1 is 1.50 bits per heavy atom. The van der Waals surface area contributed by atoms with Crippen LogP contribution in [0.25, 0.3) is 5.70 Å². The third-order valence-electron chi connectivity index (χ3n) is 3.28. The number of allylic oxidation sites excluding steroid dienone is 4. The van der Waals surface area contributed by atoms with Gasteiger partial charge in [0.25, 0.3) is 0 Å². The van der Waals surface area contributed by atoms with E-state index in [4.69, 9.17) is 0 Å².